The molecule has 1 atom stereocenters. The number of benzene rings is 1. The summed E-state index contributed by atoms with van der Waals surface area (Å²) in [6.45, 7) is 3.61. The SMILES string of the molecule is CCc1ccc(C(c2cnc3ccccc3c2)N2CCC(C(=O)O)CC2)nc1. The van der Waals surface area contributed by atoms with Crippen molar-refractivity contribution in [3.63, 3.8) is 0 Å². The molecule has 0 saturated carbocycles. The van der Waals surface area contributed by atoms with Crippen LogP contribution >= 0.6 is 0 Å². The molecular weight excluding hydrogens is 350 g/mol. The summed E-state index contributed by atoms with van der Waals surface area (Å²) < 4.78 is 0. The zero-order chi connectivity index (χ0) is 19.5. The van der Waals surface area contributed by atoms with Crippen LogP contribution in [-0.2, 0) is 11.2 Å². The van der Waals surface area contributed by atoms with Crippen LogP contribution in [0.1, 0.15) is 42.6 Å². The van der Waals surface area contributed by atoms with Crippen molar-refractivity contribution in [2.24, 2.45) is 5.92 Å². The Labute approximate surface area is 165 Å². The van der Waals surface area contributed by atoms with Gasteiger partial charge in [0.2, 0.25) is 0 Å². The molecule has 2 aromatic heterocycles. The van der Waals surface area contributed by atoms with Crippen molar-refractivity contribution in [2.45, 2.75) is 32.2 Å². The summed E-state index contributed by atoms with van der Waals surface area (Å²) in [6, 6.07) is 14.5. The first-order chi connectivity index (χ1) is 13.7. The number of hydrogen-bond donors (Lipinski definition) is 1. The minimum Gasteiger partial charge on any atom is -0.481 e. The molecule has 1 saturated heterocycles. The van der Waals surface area contributed by atoms with Crippen molar-refractivity contribution in [3.8, 4) is 0 Å². The van der Waals surface area contributed by atoms with Gasteiger partial charge in [0.15, 0.2) is 0 Å². The van der Waals surface area contributed by atoms with E-state index in [2.05, 4.69) is 41.1 Å². The van der Waals surface area contributed by atoms with E-state index < -0.39 is 5.97 Å². The first-order valence-electron chi connectivity index (χ1n) is 9.92. The minimum absolute atomic E-state index is 0.0160. The molecule has 0 aliphatic carbocycles. The summed E-state index contributed by atoms with van der Waals surface area (Å²) in [5, 5.41) is 10.4. The number of carboxylic acid groups (broad SMARTS) is 1. The highest BCUT2D eigenvalue weighted by atomic mass is 16.4. The highest BCUT2D eigenvalue weighted by molar-refractivity contribution is 5.79. The fourth-order valence-electron chi connectivity index (χ4n) is 4.02. The van der Waals surface area contributed by atoms with E-state index in [4.69, 9.17) is 4.98 Å². The highest BCUT2D eigenvalue weighted by Gasteiger charge is 2.31. The van der Waals surface area contributed by atoms with E-state index >= 15 is 0 Å². The van der Waals surface area contributed by atoms with Gasteiger partial charge >= 0.3 is 5.97 Å². The van der Waals surface area contributed by atoms with Crippen LogP contribution < -0.4 is 0 Å². The molecular formula is C23H25N3O2. The molecule has 0 spiro atoms. The molecule has 1 fully saturated rings. The topological polar surface area (TPSA) is 66.3 Å². The molecule has 0 radical (unpaired) electrons. The van der Waals surface area contributed by atoms with Gasteiger partial charge in [0, 0.05) is 17.8 Å². The standard InChI is InChI=1S/C23H25N3O2/c1-2-16-7-8-21(24-14-16)22(26-11-9-17(10-12-26)23(27)28)19-13-18-5-3-4-6-20(18)25-15-19/h3-8,13-15,17,22H,2,9-12H2,1H3,(H,27,28). The smallest absolute Gasteiger partial charge is 0.306 e. The first-order valence-corrected chi connectivity index (χ1v) is 9.92. The molecule has 4 rings (SSSR count). The molecule has 0 amide bonds. The van der Waals surface area contributed by atoms with Crippen LogP contribution in [0.2, 0.25) is 0 Å². The summed E-state index contributed by atoms with van der Waals surface area (Å²) in [7, 11) is 0. The van der Waals surface area contributed by atoms with Gasteiger partial charge in [0.25, 0.3) is 0 Å². The predicted molar refractivity (Wildman–Crippen MR) is 109 cm³/mol. The Morgan fingerprint density at radius 2 is 1.93 bits per heavy atom. The lowest BCUT2D eigenvalue weighted by Crippen LogP contribution is -2.39. The summed E-state index contributed by atoms with van der Waals surface area (Å²) in [5.41, 5.74) is 4.28. The minimum atomic E-state index is -0.686. The molecule has 1 aliphatic heterocycles. The number of nitrogens with zero attached hydrogens (tertiary/aromatic N) is 3. The largest absolute Gasteiger partial charge is 0.481 e. The quantitative estimate of drug-likeness (QED) is 0.728. The van der Waals surface area contributed by atoms with Crippen LogP contribution in [-0.4, -0.2) is 39.0 Å². The lowest BCUT2D eigenvalue weighted by atomic mass is 9.93. The Bertz CT molecular complexity index is 963. The van der Waals surface area contributed by atoms with Crippen LogP contribution in [0.3, 0.4) is 0 Å². The zero-order valence-corrected chi connectivity index (χ0v) is 16.1. The number of aliphatic carboxylic acids is 1. The Morgan fingerprint density at radius 3 is 2.61 bits per heavy atom. The monoisotopic (exact) mass is 375 g/mol. The maximum atomic E-state index is 11.3. The number of piperidine rings is 1. The number of likely N-dealkylation sites (tertiary alicyclic amines) is 1. The van der Waals surface area contributed by atoms with Gasteiger partial charge in [-0.25, -0.2) is 0 Å². The number of rotatable bonds is 5. The first kappa shape index (κ1) is 18.6. The molecule has 1 aromatic carbocycles. The number of aryl methyl sites for hydroxylation is 1. The molecule has 0 bridgehead atoms. The number of fused-ring (bicyclic) bond motifs is 1. The molecule has 144 valence electrons. The van der Waals surface area contributed by atoms with Gasteiger partial charge in [-0.1, -0.05) is 31.2 Å². The Balaban J connectivity index is 1.70. The van der Waals surface area contributed by atoms with Gasteiger partial charge < -0.3 is 5.11 Å². The van der Waals surface area contributed by atoms with Crippen LogP contribution in [0.25, 0.3) is 10.9 Å². The number of aromatic nitrogens is 2. The number of carboxylic acids is 1. The maximum Gasteiger partial charge on any atom is 0.306 e. The molecule has 1 aliphatic rings. The normalized spacial score (nSPS) is 16.9. The Kier molecular flexibility index (Phi) is 5.35. The third-order valence-electron chi connectivity index (χ3n) is 5.71. The van der Waals surface area contributed by atoms with Crippen molar-refractivity contribution >= 4 is 16.9 Å². The number of pyridine rings is 2. The fraction of sp³-hybridized carbons (Fsp3) is 0.348. The van der Waals surface area contributed by atoms with Gasteiger partial charge in [-0.15, -0.1) is 0 Å². The van der Waals surface area contributed by atoms with Crippen LogP contribution in [0.15, 0.2) is 54.9 Å². The van der Waals surface area contributed by atoms with E-state index in [1.807, 2.05) is 30.6 Å². The van der Waals surface area contributed by atoms with E-state index in [1.54, 1.807) is 0 Å². The zero-order valence-electron chi connectivity index (χ0n) is 16.1. The van der Waals surface area contributed by atoms with E-state index in [0.717, 1.165) is 41.7 Å². The van der Waals surface area contributed by atoms with Gasteiger partial charge in [-0.05, 0) is 61.7 Å². The second-order valence-electron chi connectivity index (χ2n) is 7.46. The van der Waals surface area contributed by atoms with Crippen LogP contribution in [0.4, 0.5) is 0 Å². The number of carbonyl (C=O) groups is 1. The number of hydrogen-bond acceptors (Lipinski definition) is 4. The third-order valence-corrected chi connectivity index (χ3v) is 5.71. The average molecular weight is 375 g/mol. The lowest BCUT2D eigenvalue weighted by molar-refractivity contribution is -0.143. The molecule has 1 N–H and O–H groups in total. The van der Waals surface area contributed by atoms with E-state index in [0.29, 0.717) is 12.8 Å². The molecule has 3 heterocycles. The van der Waals surface area contributed by atoms with Crippen LogP contribution in [0.5, 0.6) is 0 Å². The van der Waals surface area contributed by atoms with Crippen molar-refractivity contribution in [3.05, 3.63) is 71.7 Å². The van der Waals surface area contributed by atoms with Crippen molar-refractivity contribution in [1.29, 1.82) is 0 Å². The summed E-state index contributed by atoms with van der Waals surface area (Å²) in [5.74, 6) is -0.934. The second kappa shape index (κ2) is 8.07. The van der Waals surface area contributed by atoms with E-state index in [1.165, 1.54) is 5.56 Å². The average Bonchev–Trinajstić information content (AvgIpc) is 2.75. The van der Waals surface area contributed by atoms with Crippen molar-refractivity contribution in [2.75, 3.05) is 13.1 Å². The predicted octanol–water partition coefficient (Wildman–Crippen LogP) is 4.08. The fourth-order valence-corrected chi connectivity index (χ4v) is 4.02. The van der Waals surface area contributed by atoms with Crippen molar-refractivity contribution < 1.29 is 9.90 Å². The Hall–Kier alpha value is -2.79. The summed E-state index contributed by atoms with van der Waals surface area (Å²) in [6.07, 6.45) is 6.17. The van der Waals surface area contributed by atoms with Gasteiger partial charge in [0.1, 0.15) is 0 Å². The number of para-hydroxylation sites is 1. The molecule has 5 heteroatoms. The van der Waals surface area contributed by atoms with Crippen LogP contribution in [0, 0.1) is 5.92 Å². The molecule has 28 heavy (non-hydrogen) atoms. The Morgan fingerprint density at radius 1 is 1.14 bits per heavy atom. The molecule has 1 unspecified atom stereocenters. The lowest BCUT2D eigenvalue weighted by Gasteiger charge is -2.36. The summed E-state index contributed by atoms with van der Waals surface area (Å²) in [4.78, 5) is 23.1. The second-order valence-corrected chi connectivity index (χ2v) is 7.46. The van der Waals surface area contributed by atoms with E-state index in [-0.39, 0.29) is 12.0 Å². The highest BCUT2D eigenvalue weighted by Crippen LogP contribution is 2.32. The van der Waals surface area contributed by atoms with E-state index in [9.17, 15) is 9.90 Å². The van der Waals surface area contributed by atoms with Gasteiger partial charge in [-0.3, -0.25) is 19.7 Å². The summed E-state index contributed by atoms with van der Waals surface area (Å²) >= 11 is 0. The van der Waals surface area contributed by atoms with Gasteiger partial charge in [-0.2, -0.15) is 0 Å². The van der Waals surface area contributed by atoms with Gasteiger partial charge in [0.05, 0.1) is 23.2 Å². The third kappa shape index (κ3) is 3.76. The molecule has 5 nitrogen and oxygen atoms in total. The maximum absolute atomic E-state index is 11.3. The molecule has 3 aromatic rings. The van der Waals surface area contributed by atoms with Crippen molar-refractivity contribution in [1.82, 2.24) is 14.9 Å².